The fourth-order valence-corrected chi connectivity index (χ4v) is 20.1. The van der Waals surface area contributed by atoms with Gasteiger partial charge in [-0.1, -0.05) is 398 Å². The molecule has 0 fully saturated rings. The summed E-state index contributed by atoms with van der Waals surface area (Å²) in [5.41, 5.74) is 42.0. The summed E-state index contributed by atoms with van der Waals surface area (Å²) in [7, 11) is 0. The summed E-state index contributed by atoms with van der Waals surface area (Å²) in [6.45, 7) is 15.0. The van der Waals surface area contributed by atoms with Gasteiger partial charge in [-0.05, 0) is 290 Å². The van der Waals surface area contributed by atoms with Crippen LogP contribution in [0.3, 0.4) is 0 Å². The topological polar surface area (TPSA) is 9.86 Å². The molecule has 0 atom stereocenters. The van der Waals surface area contributed by atoms with Gasteiger partial charge in [0.1, 0.15) is 0 Å². The van der Waals surface area contributed by atoms with Crippen LogP contribution in [-0.4, -0.2) is 9.13 Å². The summed E-state index contributed by atoms with van der Waals surface area (Å²) in [5, 5.41) is 15.2. The number of nitrogens with zero attached hydrogens (tertiary/aromatic N) is 2. The van der Waals surface area contributed by atoms with Crippen LogP contribution in [0.4, 0.5) is 0 Å². The number of hydrogen-bond donors (Lipinski definition) is 0. The Kier molecular flexibility index (Phi) is 20.2. The van der Waals surface area contributed by atoms with Crippen molar-refractivity contribution >= 4 is 86.7 Å². The van der Waals surface area contributed by atoms with Gasteiger partial charge in [-0.25, -0.2) is 0 Å². The Balaban J connectivity index is 0.000000151. The highest BCUT2D eigenvalue weighted by Gasteiger charge is 2.24. The van der Waals surface area contributed by atoms with Gasteiger partial charge in [-0.3, -0.25) is 0 Å². The van der Waals surface area contributed by atoms with Crippen LogP contribution in [0.15, 0.2) is 437 Å². The standard InChI is InChI=1S/C66H49N.C60H45N/c1-4-67-63-19-9-8-18-57(63)60-40-54(34-37-64(60)67)49-26-30-51(31-27-49)66-59-36-33-55(52-16-10-12-43(2)38-52)41-61(59)65(58-35-32-56(42-62(58)66)53-17-11-13-44(3)39-53)50-28-24-48(25-29-50)47-22-20-46(21-23-47)45-14-6-5-7-15-45;1-4-61-57-13-9-8-12-51(57)54-36-50(32-35-58(54)61)45-24-22-41(23-25-45)42-26-28-47(29-27-42)60-53-34-31-48(43-18-14-39(2)15-19-43)37-55(53)59(46-10-6-5-7-11-46)52-33-30-49(38-56(52)60)44-20-16-40(3)17-21-44/h5-42H,4H2,1-3H3;5-38H,4H2,1-3H3. The van der Waals surface area contributed by atoms with E-state index in [-0.39, 0.29) is 0 Å². The lowest BCUT2D eigenvalue weighted by Gasteiger charge is -2.20. The molecule has 0 bridgehead atoms. The Morgan fingerprint density at radius 1 is 0.133 bits per heavy atom. The molecule has 0 aliphatic rings. The Labute approximate surface area is 748 Å². The number of para-hydroxylation sites is 2. The molecule has 0 unspecified atom stereocenters. The molecule has 0 radical (unpaired) electrons. The van der Waals surface area contributed by atoms with Crippen molar-refractivity contribution in [2.75, 3.05) is 0 Å². The van der Waals surface area contributed by atoms with E-state index >= 15 is 0 Å². The van der Waals surface area contributed by atoms with Gasteiger partial charge in [0.25, 0.3) is 0 Å². The predicted molar refractivity (Wildman–Crippen MR) is 550 cm³/mol. The molecule has 0 aliphatic carbocycles. The van der Waals surface area contributed by atoms with Crippen LogP contribution in [0, 0.1) is 27.7 Å². The minimum absolute atomic E-state index is 0.937. The molecular weight excluding hydrogens is 1540 g/mol. The quantitative estimate of drug-likeness (QED) is 0.0906. The zero-order valence-electron chi connectivity index (χ0n) is 72.9. The lowest BCUT2D eigenvalue weighted by Crippen LogP contribution is -1.93. The van der Waals surface area contributed by atoms with Crippen LogP contribution in [0.1, 0.15) is 36.1 Å². The Morgan fingerprint density at radius 3 is 0.641 bits per heavy atom. The Morgan fingerprint density at radius 2 is 0.336 bits per heavy atom. The normalized spacial score (nSPS) is 11.6. The third kappa shape index (κ3) is 14.4. The van der Waals surface area contributed by atoms with Crippen molar-refractivity contribution in [3.8, 4) is 145 Å². The van der Waals surface area contributed by atoms with Crippen molar-refractivity contribution < 1.29 is 0 Å². The first-order valence-corrected chi connectivity index (χ1v) is 45.0. The summed E-state index contributed by atoms with van der Waals surface area (Å²) in [4.78, 5) is 0. The van der Waals surface area contributed by atoms with Gasteiger partial charge < -0.3 is 9.13 Å². The fourth-order valence-electron chi connectivity index (χ4n) is 20.1. The molecule has 0 N–H and O–H groups in total. The van der Waals surface area contributed by atoms with Gasteiger partial charge in [0.15, 0.2) is 0 Å². The predicted octanol–water partition coefficient (Wildman–Crippen LogP) is 35.1. The first-order chi connectivity index (χ1) is 63.0. The van der Waals surface area contributed by atoms with E-state index < -0.39 is 0 Å². The van der Waals surface area contributed by atoms with E-state index in [0.29, 0.717) is 0 Å². The smallest absolute Gasteiger partial charge is 0.0491 e. The van der Waals surface area contributed by atoms with E-state index in [9.17, 15) is 0 Å². The molecule has 2 heterocycles. The number of hydrogen-bond acceptors (Lipinski definition) is 0. The van der Waals surface area contributed by atoms with Crippen molar-refractivity contribution in [3.05, 3.63) is 459 Å². The van der Waals surface area contributed by atoms with E-state index in [1.807, 2.05) is 0 Å². The molecular formula is C126H94N2. The van der Waals surface area contributed by atoms with E-state index in [1.54, 1.807) is 0 Å². The zero-order chi connectivity index (χ0) is 86.0. The first kappa shape index (κ1) is 78.3. The van der Waals surface area contributed by atoms with Gasteiger partial charge in [0.2, 0.25) is 0 Å². The van der Waals surface area contributed by atoms with Crippen LogP contribution >= 0.6 is 0 Å². The summed E-state index contributed by atoms with van der Waals surface area (Å²) in [5.74, 6) is 0. The molecule has 0 saturated carbocycles. The van der Waals surface area contributed by atoms with Crippen LogP contribution in [0.2, 0.25) is 0 Å². The van der Waals surface area contributed by atoms with Crippen LogP contribution in [0.5, 0.6) is 0 Å². The van der Waals surface area contributed by atoms with Gasteiger partial charge in [-0.2, -0.15) is 0 Å². The molecule has 0 aliphatic heterocycles. The summed E-state index contributed by atoms with van der Waals surface area (Å²) < 4.78 is 4.84. The van der Waals surface area contributed by atoms with Crippen molar-refractivity contribution in [1.82, 2.24) is 9.13 Å². The van der Waals surface area contributed by atoms with Crippen LogP contribution < -0.4 is 0 Å². The third-order valence-electron chi connectivity index (χ3n) is 26.7. The molecule has 21 aromatic carbocycles. The Bertz CT molecular complexity index is 8190. The highest BCUT2D eigenvalue weighted by atomic mass is 15.0. The SMILES string of the molecule is CCn1c2ccccc2c2cc(-c3ccc(-c4c5ccc(-c6cccc(C)c6)cc5c(-c5ccc(-c6ccc(-c7ccccc7)cc6)cc5)c5ccc(-c6cccc(C)c6)cc45)cc3)ccc21.CCn1c2ccccc2c2cc(-c3ccc(-c4ccc(-c5c6ccc(-c7ccc(C)cc7)cc6c(-c6ccccc6)c6ccc(-c7ccc(C)cc7)cc56)cc4)cc3)ccc21. The minimum Gasteiger partial charge on any atom is -0.341 e. The average molecular weight is 1640 g/mol. The maximum atomic E-state index is 2.44. The number of benzene rings is 21. The van der Waals surface area contributed by atoms with Crippen molar-refractivity contribution in [3.63, 3.8) is 0 Å². The molecule has 128 heavy (non-hydrogen) atoms. The fraction of sp³-hybridized carbons (Fsp3) is 0.0635. The summed E-state index contributed by atoms with van der Waals surface area (Å²) in [6, 6.07) is 163. The second-order valence-electron chi connectivity index (χ2n) is 34.6. The summed E-state index contributed by atoms with van der Waals surface area (Å²) in [6.07, 6.45) is 0. The van der Waals surface area contributed by atoms with Crippen molar-refractivity contribution in [1.29, 1.82) is 0 Å². The van der Waals surface area contributed by atoms with Gasteiger partial charge in [0.05, 0.1) is 0 Å². The molecule has 23 rings (SSSR count). The molecule has 23 aromatic rings. The lowest BCUT2D eigenvalue weighted by molar-refractivity contribution is 0.827. The molecule has 0 spiro atoms. The first-order valence-electron chi connectivity index (χ1n) is 45.0. The van der Waals surface area contributed by atoms with E-state index in [2.05, 4.69) is 487 Å². The van der Waals surface area contributed by atoms with Crippen LogP contribution in [0.25, 0.3) is 231 Å². The lowest BCUT2D eigenvalue weighted by atomic mass is 9.83. The monoisotopic (exact) mass is 1630 g/mol. The van der Waals surface area contributed by atoms with Gasteiger partial charge in [0, 0.05) is 56.7 Å². The number of rotatable bonds is 15. The molecule has 2 nitrogen and oxygen atoms in total. The maximum Gasteiger partial charge on any atom is 0.0491 e. The van der Waals surface area contributed by atoms with E-state index in [1.165, 1.54) is 254 Å². The van der Waals surface area contributed by atoms with Crippen LogP contribution in [-0.2, 0) is 13.1 Å². The molecule has 0 amide bonds. The third-order valence-corrected chi connectivity index (χ3v) is 26.7. The molecule has 0 saturated heterocycles. The largest absolute Gasteiger partial charge is 0.341 e. The number of fused-ring (bicyclic) bond motifs is 10. The second kappa shape index (κ2) is 33.1. The zero-order valence-corrected chi connectivity index (χ0v) is 72.9. The van der Waals surface area contributed by atoms with Crippen molar-refractivity contribution in [2.24, 2.45) is 0 Å². The number of aryl methyl sites for hydroxylation is 6. The van der Waals surface area contributed by atoms with Crippen molar-refractivity contribution in [2.45, 2.75) is 54.6 Å². The summed E-state index contributed by atoms with van der Waals surface area (Å²) >= 11 is 0. The molecule has 2 aromatic heterocycles. The highest BCUT2D eigenvalue weighted by molar-refractivity contribution is 6.25. The van der Waals surface area contributed by atoms with Gasteiger partial charge >= 0.3 is 0 Å². The highest BCUT2D eigenvalue weighted by Crippen LogP contribution is 2.50. The average Bonchev–Trinajstić information content (AvgIpc) is 1.11. The van der Waals surface area contributed by atoms with E-state index in [4.69, 9.17) is 0 Å². The molecule has 2 heteroatoms. The number of aromatic nitrogens is 2. The minimum atomic E-state index is 0.937. The maximum absolute atomic E-state index is 2.44. The van der Waals surface area contributed by atoms with E-state index in [0.717, 1.165) is 13.1 Å². The van der Waals surface area contributed by atoms with Gasteiger partial charge in [-0.15, -0.1) is 0 Å². The second-order valence-corrected chi connectivity index (χ2v) is 34.6. The Hall–Kier alpha value is -15.7. The molecule has 608 valence electrons.